The molecule has 3 saturated heterocycles. The van der Waals surface area contributed by atoms with Gasteiger partial charge in [0, 0.05) is 19.0 Å². The Bertz CT molecular complexity index is 743. The van der Waals surface area contributed by atoms with E-state index in [-0.39, 0.29) is 5.92 Å². The number of hydrogen-bond acceptors (Lipinski definition) is 3. The highest BCUT2D eigenvalue weighted by Gasteiger charge is 2.36. The molecule has 5 rings (SSSR count). The van der Waals surface area contributed by atoms with Gasteiger partial charge >= 0.3 is 0 Å². The molecule has 27 heavy (non-hydrogen) atoms. The van der Waals surface area contributed by atoms with Crippen LogP contribution in [0.5, 0.6) is 5.75 Å². The third kappa shape index (κ3) is 3.66. The van der Waals surface area contributed by atoms with Gasteiger partial charge in [-0.3, -0.25) is 4.79 Å². The van der Waals surface area contributed by atoms with E-state index in [1.165, 1.54) is 43.2 Å². The molecule has 1 saturated carbocycles. The molecule has 0 spiro atoms. The number of ether oxygens (including phenoxy) is 1. The summed E-state index contributed by atoms with van der Waals surface area (Å²) in [7, 11) is 0. The van der Waals surface area contributed by atoms with Crippen molar-refractivity contribution < 1.29 is 9.53 Å². The molecule has 2 bridgehead atoms. The number of aryl methyl sites for hydroxylation is 2. The number of carbonyl (C=O) groups is 1. The van der Waals surface area contributed by atoms with E-state index in [2.05, 4.69) is 43.9 Å². The average Bonchev–Trinajstić information content (AvgIpc) is 2.69. The van der Waals surface area contributed by atoms with E-state index in [1.807, 2.05) is 0 Å². The van der Waals surface area contributed by atoms with Gasteiger partial charge in [0.25, 0.3) is 0 Å². The van der Waals surface area contributed by atoms with Crippen molar-refractivity contribution in [2.24, 2.45) is 11.8 Å². The Morgan fingerprint density at radius 3 is 2.52 bits per heavy atom. The lowest BCUT2D eigenvalue weighted by Crippen LogP contribution is -2.45. The van der Waals surface area contributed by atoms with Crippen molar-refractivity contribution in [3.63, 3.8) is 0 Å². The number of allylic oxidation sites excluding steroid dienone is 1. The molecular weight excluding hydrogens is 334 g/mol. The first-order chi connectivity index (χ1) is 13.1. The summed E-state index contributed by atoms with van der Waals surface area (Å²) >= 11 is 0. The Morgan fingerprint density at radius 2 is 1.81 bits per heavy atom. The molecule has 4 fully saturated rings. The molecule has 146 valence electrons. The number of nitrogens with zero attached hydrogens (tertiary/aromatic N) is 1. The molecule has 2 atom stereocenters. The molecule has 1 aliphatic carbocycles. The maximum atomic E-state index is 12.7. The maximum absolute atomic E-state index is 12.7. The summed E-state index contributed by atoms with van der Waals surface area (Å²) in [5.74, 6) is 2.31. The first kappa shape index (κ1) is 18.6. The van der Waals surface area contributed by atoms with Gasteiger partial charge in [0.1, 0.15) is 11.9 Å². The van der Waals surface area contributed by atoms with Crippen LogP contribution >= 0.6 is 0 Å². The number of ketones is 1. The van der Waals surface area contributed by atoms with Crippen molar-refractivity contribution in [2.75, 3.05) is 13.1 Å². The number of Topliss-reactive ketones (excluding diaryl/α,β-unsaturated/α-hetero) is 1. The highest BCUT2D eigenvalue weighted by atomic mass is 16.5. The van der Waals surface area contributed by atoms with E-state index in [1.54, 1.807) is 0 Å². The van der Waals surface area contributed by atoms with Gasteiger partial charge in [-0.2, -0.15) is 0 Å². The molecule has 1 aromatic rings. The van der Waals surface area contributed by atoms with Gasteiger partial charge in [-0.25, -0.2) is 0 Å². The number of fused-ring (bicyclic) bond motifs is 3. The molecule has 0 aromatic heterocycles. The SMILES string of the molecule is CCC1CCCCC1Oc1cc(C)c(/C=C2/C(=O)C3CCN2CC3)cc1C. The molecule has 3 heterocycles. The summed E-state index contributed by atoms with van der Waals surface area (Å²) in [6.45, 7) is 8.61. The molecule has 0 radical (unpaired) electrons. The van der Waals surface area contributed by atoms with Crippen molar-refractivity contribution in [3.05, 3.63) is 34.5 Å². The zero-order valence-corrected chi connectivity index (χ0v) is 17.1. The number of carbonyl (C=O) groups excluding carboxylic acids is 1. The first-order valence-electron chi connectivity index (χ1n) is 10.9. The van der Waals surface area contributed by atoms with Crippen LogP contribution in [0.1, 0.15) is 68.6 Å². The lowest BCUT2D eigenvalue weighted by Gasteiger charge is -2.41. The monoisotopic (exact) mass is 367 g/mol. The molecule has 1 aromatic carbocycles. The Balaban J connectivity index is 1.57. The van der Waals surface area contributed by atoms with Gasteiger partial charge < -0.3 is 9.64 Å². The predicted molar refractivity (Wildman–Crippen MR) is 110 cm³/mol. The number of hydrogen-bond donors (Lipinski definition) is 0. The van der Waals surface area contributed by atoms with Gasteiger partial charge in [-0.15, -0.1) is 0 Å². The standard InChI is InChI=1S/C24H33NO2/c1-4-18-7-5-6-8-22(18)27-23-14-16(2)20(13-17(23)3)15-21-24(26)19-9-11-25(21)12-10-19/h13-15,18-19,22H,4-12H2,1-3H3/b21-15-. The summed E-state index contributed by atoms with van der Waals surface area (Å²) in [6, 6.07) is 4.39. The lowest BCUT2D eigenvalue weighted by molar-refractivity contribution is -0.125. The summed E-state index contributed by atoms with van der Waals surface area (Å²) in [6.07, 6.45) is 10.8. The average molecular weight is 368 g/mol. The van der Waals surface area contributed by atoms with Crippen LogP contribution in [-0.2, 0) is 4.79 Å². The Kier molecular flexibility index (Phi) is 5.29. The fourth-order valence-corrected chi connectivity index (χ4v) is 5.11. The molecule has 0 amide bonds. The summed E-state index contributed by atoms with van der Waals surface area (Å²) < 4.78 is 6.49. The minimum absolute atomic E-state index is 0.252. The van der Waals surface area contributed by atoms with Crippen LogP contribution in [0, 0.1) is 25.7 Å². The van der Waals surface area contributed by atoms with E-state index in [0.29, 0.717) is 17.8 Å². The van der Waals surface area contributed by atoms with Crippen LogP contribution in [0.25, 0.3) is 6.08 Å². The number of piperidine rings is 3. The molecule has 0 N–H and O–H groups in total. The van der Waals surface area contributed by atoms with Crippen LogP contribution in [0.15, 0.2) is 17.8 Å². The van der Waals surface area contributed by atoms with Crippen LogP contribution in [0.2, 0.25) is 0 Å². The van der Waals surface area contributed by atoms with Gasteiger partial charge in [-0.05, 0) is 93.2 Å². The third-order valence-electron chi connectivity index (χ3n) is 6.96. The van der Waals surface area contributed by atoms with Crippen molar-refractivity contribution in [1.82, 2.24) is 4.90 Å². The maximum Gasteiger partial charge on any atom is 0.182 e. The van der Waals surface area contributed by atoms with Crippen molar-refractivity contribution in [1.29, 1.82) is 0 Å². The second kappa shape index (κ2) is 7.69. The topological polar surface area (TPSA) is 29.5 Å². The summed E-state index contributed by atoms with van der Waals surface area (Å²) in [5, 5.41) is 0. The molecule has 2 unspecified atom stereocenters. The molecule has 3 heteroatoms. The number of rotatable bonds is 4. The van der Waals surface area contributed by atoms with Crippen LogP contribution in [-0.4, -0.2) is 29.9 Å². The van der Waals surface area contributed by atoms with Crippen molar-refractivity contribution in [3.8, 4) is 5.75 Å². The fourth-order valence-electron chi connectivity index (χ4n) is 5.11. The molecular formula is C24H33NO2. The van der Waals surface area contributed by atoms with E-state index in [0.717, 1.165) is 42.9 Å². The first-order valence-corrected chi connectivity index (χ1v) is 10.9. The second-order valence-corrected chi connectivity index (χ2v) is 8.74. The molecule has 3 nitrogen and oxygen atoms in total. The minimum atomic E-state index is 0.252. The van der Waals surface area contributed by atoms with Crippen LogP contribution in [0.4, 0.5) is 0 Å². The Morgan fingerprint density at radius 1 is 1.07 bits per heavy atom. The van der Waals surface area contributed by atoms with Crippen LogP contribution < -0.4 is 4.74 Å². The largest absolute Gasteiger partial charge is 0.490 e. The Labute approximate surface area is 163 Å². The van der Waals surface area contributed by atoms with Gasteiger partial charge in [0.15, 0.2) is 5.78 Å². The third-order valence-corrected chi connectivity index (χ3v) is 6.96. The quantitative estimate of drug-likeness (QED) is 0.678. The predicted octanol–water partition coefficient (Wildman–Crippen LogP) is 5.29. The molecule has 3 aliphatic heterocycles. The van der Waals surface area contributed by atoms with E-state index in [4.69, 9.17) is 4.74 Å². The van der Waals surface area contributed by atoms with Gasteiger partial charge in [0.2, 0.25) is 0 Å². The Hall–Kier alpha value is -1.77. The zero-order valence-electron chi connectivity index (χ0n) is 17.1. The van der Waals surface area contributed by atoms with E-state index < -0.39 is 0 Å². The summed E-state index contributed by atoms with van der Waals surface area (Å²) in [5.41, 5.74) is 4.46. The van der Waals surface area contributed by atoms with E-state index in [9.17, 15) is 4.79 Å². The lowest BCUT2D eigenvalue weighted by atomic mass is 9.84. The zero-order chi connectivity index (χ0) is 19.0. The van der Waals surface area contributed by atoms with Crippen molar-refractivity contribution in [2.45, 2.75) is 71.8 Å². The second-order valence-electron chi connectivity index (χ2n) is 8.74. The normalized spacial score (nSPS) is 27.4. The summed E-state index contributed by atoms with van der Waals surface area (Å²) in [4.78, 5) is 14.9. The highest BCUT2D eigenvalue weighted by Crippen LogP contribution is 2.35. The number of benzene rings is 1. The smallest absolute Gasteiger partial charge is 0.182 e. The van der Waals surface area contributed by atoms with Crippen molar-refractivity contribution >= 4 is 11.9 Å². The van der Waals surface area contributed by atoms with Gasteiger partial charge in [0.05, 0.1) is 5.70 Å². The fraction of sp³-hybridized carbons (Fsp3) is 0.625. The minimum Gasteiger partial charge on any atom is -0.490 e. The molecule has 4 aliphatic rings. The van der Waals surface area contributed by atoms with E-state index >= 15 is 0 Å². The van der Waals surface area contributed by atoms with Gasteiger partial charge in [-0.1, -0.05) is 13.3 Å². The highest BCUT2D eigenvalue weighted by molar-refractivity contribution is 6.02. The van der Waals surface area contributed by atoms with Crippen LogP contribution in [0.3, 0.4) is 0 Å².